The van der Waals surface area contributed by atoms with Crippen molar-refractivity contribution in [3.8, 4) is 0 Å². The number of halogens is 1. The summed E-state index contributed by atoms with van der Waals surface area (Å²) in [7, 11) is 0. The van der Waals surface area contributed by atoms with Gasteiger partial charge >= 0.3 is 0 Å². The van der Waals surface area contributed by atoms with E-state index in [-0.39, 0.29) is 24.4 Å². The molecule has 1 aromatic carbocycles. The van der Waals surface area contributed by atoms with Gasteiger partial charge in [-0.3, -0.25) is 14.4 Å². The summed E-state index contributed by atoms with van der Waals surface area (Å²) >= 11 is 0. The van der Waals surface area contributed by atoms with Crippen molar-refractivity contribution in [1.29, 1.82) is 0 Å². The molecule has 1 aromatic heterocycles. The molecule has 0 saturated carbocycles. The van der Waals surface area contributed by atoms with Crippen molar-refractivity contribution in [2.45, 2.75) is 58.7 Å². The molecule has 2 saturated heterocycles. The average molecular weight is 443 g/mol. The third-order valence-electron chi connectivity index (χ3n) is 6.73. The minimum atomic E-state index is -0.132. The Hall–Kier alpha value is -2.25. The van der Waals surface area contributed by atoms with Crippen LogP contribution in [0.4, 0.5) is 4.39 Å². The summed E-state index contributed by atoms with van der Waals surface area (Å²) in [5, 5.41) is 4.47. The van der Waals surface area contributed by atoms with E-state index < -0.39 is 0 Å². The molecular weight excluding hydrogens is 407 g/mol. The minimum Gasteiger partial charge on any atom is -0.376 e. The fraction of sp³-hybridized carbons (Fsp3) is 0.600. The first kappa shape index (κ1) is 22.9. The largest absolute Gasteiger partial charge is 0.376 e. The Kier molecular flexibility index (Phi) is 7.58. The van der Waals surface area contributed by atoms with Crippen LogP contribution in [0.2, 0.25) is 0 Å². The third kappa shape index (κ3) is 5.95. The van der Waals surface area contributed by atoms with Crippen LogP contribution >= 0.6 is 0 Å². The molecule has 2 fully saturated rings. The number of ether oxygens (including phenoxy) is 1. The molecule has 0 aliphatic carbocycles. The van der Waals surface area contributed by atoms with Crippen molar-refractivity contribution in [2.24, 2.45) is 5.92 Å². The molecule has 0 radical (unpaired) electrons. The SMILES string of the molecule is Cc1cc(C)n(CC(=O)N(CC2CCN(Cc3ccccc3F)CC2)C[C@@H]2CCCO2)n1. The van der Waals surface area contributed by atoms with E-state index in [2.05, 4.69) is 10.00 Å². The Morgan fingerprint density at radius 1 is 1.19 bits per heavy atom. The Balaban J connectivity index is 1.34. The number of hydrogen-bond donors (Lipinski definition) is 0. The van der Waals surface area contributed by atoms with E-state index in [4.69, 9.17) is 4.74 Å². The Labute approximate surface area is 190 Å². The highest BCUT2D eigenvalue weighted by Gasteiger charge is 2.28. The first-order chi connectivity index (χ1) is 15.5. The van der Waals surface area contributed by atoms with Gasteiger partial charge in [-0.1, -0.05) is 18.2 Å². The summed E-state index contributed by atoms with van der Waals surface area (Å²) in [6.07, 6.45) is 4.26. The number of likely N-dealkylation sites (tertiary alicyclic amines) is 1. The number of carbonyl (C=O) groups excluding carboxylic acids is 1. The summed E-state index contributed by atoms with van der Waals surface area (Å²) in [5.41, 5.74) is 2.70. The lowest BCUT2D eigenvalue weighted by atomic mass is 9.95. The maximum Gasteiger partial charge on any atom is 0.244 e. The third-order valence-corrected chi connectivity index (χ3v) is 6.73. The predicted octanol–water partition coefficient (Wildman–Crippen LogP) is 3.56. The second-order valence-corrected chi connectivity index (χ2v) is 9.33. The van der Waals surface area contributed by atoms with Crippen molar-refractivity contribution < 1.29 is 13.9 Å². The molecule has 0 N–H and O–H groups in total. The number of carbonyl (C=O) groups is 1. The summed E-state index contributed by atoms with van der Waals surface area (Å²) in [5.74, 6) is 0.435. The minimum absolute atomic E-state index is 0.112. The van der Waals surface area contributed by atoms with E-state index in [0.29, 0.717) is 19.0 Å². The van der Waals surface area contributed by atoms with E-state index in [1.807, 2.05) is 36.9 Å². The summed E-state index contributed by atoms with van der Waals surface area (Å²) in [4.78, 5) is 17.6. The van der Waals surface area contributed by atoms with E-state index in [1.54, 1.807) is 10.7 Å². The van der Waals surface area contributed by atoms with Crippen molar-refractivity contribution in [3.63, 3.8) is 0 Å². The van der Waals surface area contributed by atoms with Crippen LogP contribution in [0.1, 0.15) is 42.6 Å². The molecule has 1 atom stereocenters. The van der Waals surface area contributed by atoms with Gasteiger partial charge in [-0.05, 0) is 70.7 Å². The molecule has 1 amide bonds. The molecule has 0 spiro atoms. The van der Waals surface area contributed by atoms with Gasteiger partial charge < -0.3 is 9.64 Å². The highest BCUT2D eigenvalue weighted by atomic mass is 19.1. The molecule has 6 nitrogen and oxygen atoms in total. The molecule has 2 aliphatic rings. The summed E-state index contributed by atoms with van der Waals surface area (Å²) < 4.78 is 21.6. The quantitative estimate of drug-likeness (QED) is 0.627. The molecule has 0 unspecified atom stereocenters. The van der Waals surface area contributed by atoms with Gasteiger partial charge in [0, 0.05) is 37.5 Å². The molecular formula is C25H35FN4O2. The van der Waals surface area contributed by atoms with Gasteiger partial charge in [-0.25, -0.2) is 4.39 Å². The average Bonchev–Trinajstić information content (AvgIpc) is 3.39. The van der Waals surface area contributed by atoms with Crippen molar-refractivity contribution in [2.75, 3.05) is 32.8 Å². The van der Waals surface area contributed by atoms with Crippen molar-refractivity contribution >= 4 is 5.91 Å². The van der Waals surface area contributed by atoms with Crippen LogP contribution in [-0.2, 0) is 22.6 Å². The lowest BCUT2D eigenvalue weighted by molar-refractivity contribution is -0.134. The number of benzene rings is 1. The number of amides is 1. The van der Waals surface area contributed by atoms with Crippen LogP contribution in [-0.4, -0.2) is 64.4 Å². The normalized spacial score (nSPS) is 20.0. The van der Waals surface area contributed by atoms with Crippen LogP contribution in [0.5, 0.6) is 0 Å². The second kappa shape index (κ2) is 10.6. The van der Waals surface area contributed by atoms with Gasteiger partial charge in [0.15, 0.2) is 0 Å². The Morgan fingerprint density at radius 3 is 2.62 bits per heavy atom. The lowest BCUT2D eigenvalue weighted by Gasteiger charge is -2.35. The highest BCUT2D eigenvalue weighted by molar-refractivity contribution is 5.76. The fourth-order valence-electron chi connectivity index (χ4n) is 4.88. The molecule has 2 aliphatic heterocycles. The molecule has 4 rings (SSSR count). The standard InChI is InChI=1S/C25H35FN4O2/c1-19-14-20(2)30(27-19)18-25(31)29(17-23-7-5-13-32-23)15-21-9-11-28(12-10-21)16-22-6-3-4-8-24(22)26/h3-4,6,8,14,21,23H,5,7,9-13,15-18H2,1-2H3/t23-/m0/s1. The van der Waals surface area contributed by atoms with E-state index in [1.165, 1.54) is 6.07 Å². The van der Waals surface area contributed by atoms with E-state index in [9.17, 15) is 9.18 Å². The number of rotatable bonds is 8. The number of aromatic nitrogens is 2. The molecule has 3 heterocycles. The van der Waals surface area contributed by atoms with Crippen LogP contribution in [0.15, 0.2) is 30.3 Å². The fourth-order valence-corrected chi connectivity index (χ4v) is 4.88. The van der Waals surface area contributed by atoms with Crippen LogP contribution in [0.25, 0.3) is 0 Å². The first-order valence-corrected chi connectivity index (χ1v) is 11.8. The zero-order valence-electron chi connectivity index (χ0n) is 19.3. The summed E-state index contributed by atoms with van der Waals surface area (Å²) in [6.45, 7) is 8.93. The predicted molar refractivity (Wildman–Crippen MR) is 122 cm³/mol. The second-order valence-electron chi connectivity index (χ2n) is 9.33. The number of hydrogen-bond acceptors (Lipinski definition) is 4. The van der Waals surface area contributed by atoms with Gasteiger partial charge in [-0.2, -0.15) is 5.10 Å². The van der Waals surface area contributed by atoms with Gasteiger partial charge in [0.1, 0.15) is 12.4 Å². The maximum absolute atomic E-state index is 14.0. The zero-order valence-corrected chi connectivity index (χ0v) is 19.3. The van der Waals surface area contributed by atoms with Crippen LogP contribution in [0.3, 0.4) is 0 Å². The van der Waals surface area contributed by atoms with Crippen molar-refractivity contribution in [3.05, 3.63) is 53.1 Å². The first-order valence-electron chi connectivity index (χ1n) is 11.8. The van der Waals surface area contributed by atoms with Gasteiger partial charge in [0.05, 0.1) is 11.8 Å². The van der Waals surface area contributed by atoms with Gasteiger partial charge in [0.25, 0.3) is 0 Å². The molecule has 2 aromatic rings. The van der Waals surface area contributed by atoms with E-state index in [0.717, 1.165) is 68.9 Å². The molecule has 32 heavy (non-hydrogen) atoms. The highest BCUT2D eigenvalue weighted by Crippen LogP contribution is 2.23. The number of piperidine rings is 1. The van der Waals surface area contributed by atoms with E-state index >= 15 is 0 Å². The zero-order chi connectivity index (χ0) is 22.5. The Bertz CT molecular complexity index is 901. The Morgan fingerprint density at radius 2 is 1.97 bits per heavy atom. The van der Waals surface area contributed by atoms with Gasteiger partial charge in [-0.15, -0.1) is 0 Å². The number of nitrogens with zero attached hydrogens (tertiary/aromatic N) is 4. The van der Waals surface area contributed by atoms with Crippen LogP contribution in [0, 0.1) is 25.6 Å². The monoisotopic (exact) mass is 442 g/mol. The lowest BCUT2D eigenvalue weighted by Crippen LogP contribution is -2.44. The van der Waals surface area contributed by atoms with Crippen LogP contribution < -0.4 is 0 Å². The topological polar surface area (TPSA) is 50.6 Å². The summed E-state index contributed by atoms with van der Waals surface area (Å²) in [6, 6.07) is 9.02. The smallest absolute Gasteiger partial charge is 0.244 e. The molecule has 7 heteroatoms. The van der Waals surface area contributed by atoms with Crippen molar-refractivity contribution in [1.82, 2.24) is 19.6 Å². The van der Waals surface area contributed by atoms with Gasteiger partial charge in [0.2, 0.25) is 5.91 Å². The maximum atomic E-state index is 14.0. The molecule has 174 valence electrons. The number of aryl methyl sites for hydroxylation is 2. The molecule has 0 bridgehead atoms.